The molecule has 0 radical (unpaired) electrons. The summed E-state index contributed by atoms with van der Waals surface area (Å²) in [5.41, 5.74) is 3.22. The Kier molecular flexibility index (Phi) is 1.61. The van der Waals surface area contributed by atoms with Gasteiger partial charge in [0.25, 0.3) is 0 Å². The molecule has 0 amide bonds. The Balaban J connectivity index is 2.35. The van der Waals surface area contributed by atoms with Crippen LogP contribution in [0.5, 0.6) is 0 Å². The lowest BCUT2D eigenvalue weighted by molar-refractivity contribution is -0.325. The lowest BCUT2D eigenvalue weighted by Crippen LogP contribution is -2.28. The molecule has 0 fully saturated rings. The number of nitrogens with zero attached hydrogens (tertiary/aromatic N) is 1. The van der Waals surface area contributed by atoms with E-state index in [-0.39, 0.29) is 11.2 Å². The zero-order valence-corrected chi connectivity index (χ0v) is 7.63. The highest BCUT2D eigenvalue weighted by Gasteiger charge is 2.39. The number of hydroxylamine groups is 3. The number of nitrogens with one attached hydrogen (secondary N) is 1. The lowest BCUT2D eigenvalue weighted by atomic mass is 9.78. The minimum Gasteiger partial charge on any atom is -0.292 e. The van der Waals surface area contributed by atoms with E-state index >= 15 is 0 Å². The fourth-order valence-electron chi connectivity index (χ4n) is 1.71. The van der Waals surface area contributed by atoms with Crippen LogP contribution in [-0.4, -0.2) is 16.2 Å². The van der Waals surface area contributed by atoms with E-state index < -0.39 is 0 Å². The van der Waals surface area contributed by atoms with Crippen molar-refractivity contribution < 1.29 is 14.9 Å². The summed E-state index contributed by atoms with van der Waals surface area (Å²) >= 11 is 0. The zero-order valence-electron chi connectivity index (χ0n) is 7.63. The predicted octanol–water partition coefficient (Wildman–Crippen LogP) is 0.728. The Labute approximate surface area is 75.8 Å². The summed E-state index contributed by atoms with van der Waals surface area (Å²) in [4.78, 5) is 16.1. The molecule has 5 heteroatoms. The van der Waals surface area contributed by atoms with Crippen molar-refractivity contribution in [2.45, 2.75) is 26.7 Å². The average Bonchev–Trinajstić information content (AvgIpc) is 2.30. The van der Waals surface area contributed by atoms with Gasteiger partial charge >= 0.3 is 0 Å². The Hall–Kier alpha value is -1.07. The highest BCUT2D eigenvalue weighted by molar-refractivity contribution is 5.96. The van der Waals surface area contributed by atoms with E-state index in [1.807, 2.05) is 13.8 Å². The molecule has 0 aromatic rings. The molecule has 1 aliphatic heterocycles. The van der Waals surface area contributed by atoms with E-state index in [1.165, 1.54) is 0 Å². The first-order valence-electron chi connectivity index (χ1n) is 4.18. The molecule has 0 atom stereocenters. The Bertz CT molecular complexity index is 296. The van der Waals surface area contributed by atoms with Crippen molar-refractivity contribution in [2.75, 3.05) is 0 Å². The summed E-state index contributed by atoms with van der Waals surface area (Å²) in [6.45, 7) is 3.97. The third-order valence-electron chi connectivity index (χ3n) is 2.32. The van der Waals surface area contributed by atoms with Crippen LogP contribution in [0, 0.1) is 5.41 Å². The first-order valence-corrected chi connectivity index (χ1v) is 4.18. The molecule has 0 aromatic heterocycles. The van der Waals surface area contributed by atoms with Gasteiger partial charge in [0.1, 0.15) is 11.4 Å². The van der Waals surface area contributed by atoms with Gasteiger partial charge in [-0.05, 0) is 5.41 Å². The number of Topliss-reactive ketones (excluding diaryl/α,β-unsaturated/α-hetero) is 1. The first kappa shape index (κ1) is 8.52. The highest BCUT2D eigenvalue weighted by Crippen LogP contribution is 2.38. The Morgan fingerprint density at radius 1 is 1.54 bits per heavy atom. The monoisotopic (exact) mass is 184 g/mol. The molecule has 2 N–H and O–H groups in total. The van der Waals surface area contributed by atoms with Gasteiger partial charge in [0.2, 0.25) is 0 Å². The van der Waals surface area contributed by atoms with Crippen LogP contribution < -0.4 is 5.48 Å². The number of ketones is 1. The van der Waals surface area contributed by atoms with Crippen molar-refractivity contribution in [3.05, 3.63) is 11.4 Å². The van der Waals surface area contributed by atoms with Crippen molar-refractivity contribution in [3.63, 3.8) is 0 Å². The molecular formula is C8H12N2O3. The maximum Gasteiger partial charge on any atom is 0.183 e. The normalized spacial score (nSPS) is 26.1. The Morgan fingerprint density at radius 2 is 2.23 bits per heavy atom. The molecule has 0 spiro atoms. The second kappa shape index (κ2) is 2.46. The van der Waals surface area contributed by atoms with Gasteiger partial charge in [-0.1, -0.05) is 13.8 Å². The first-order chi connectivity index (χ1) is 5.99. The topological polar surface area (TPSA) is 61.8 Å². The third kappa shape index (κ3) is 1.30. The molecule has 0 bridgehead atoms. The van der Waals surface area contributed by atoms with Crippen molar-refractivity contribution in [1.29, 1.82) is 0 Å². The number of allylic oxidation sites excluding steroid dienone is 2. The van der Waals surface area contributed by atoms with Gasteiger partial charge in [0.05, 0.1) is 0 Å². The summed E-state index contributed by atoms with van der Waals surface area (Å²) in [7, 11) is 0. The van der Waals surface area contributed by atoms with Crippen molar-refractivity contribution in [3.8, 4) is 0 Å². The van der Waals surface area contributed by atoms with Crippen LogP contribution in [0.25, 0.3) is 0 Å². The highest BCUT2D eigenvalue weighted by atomic mass is 17.0. The second-order valence-corrected chi connectivity index (χ2v) is 4.23. The fraction of sp³-hybridized carbons (Fsp3) is 0.625. The van der Waals surface area contributed by atoms with Crippen LogP contribution in [0.4, 0.5) is 0 Å². The Morgan fingerprint density at radius 3 is 2.92 bits per heavy atom. The van der Waals surface area contributed by atoms with Gasteiger partial charge in [-0.15, -0.1) is 10.2 Å². The smallest absolute Gasteiger partial charge is 0.183 e. The molecule has 1 aliphatic carbocycles. The molecule has 0 saturated heterocycles. The molecule has 1 heterocycles. The average molecular weight is 184 g/mol. The molecule has 2 aliphatic rings. The molecule has 0 aromatic carbocycles. The molecule has 72 valence electrons. The summed E-state index contributed by atoms with van der Waals surface area (Å²) in [5.74, 6) is -0.0113. The number of carbonyl (C=O) groups excluding carboxylic acids is 1. The van der Waals surface area contributed by atoms with Crippen LogP contribution in [0.1, 0.15) is 26.7 Å². The van der Waals surface area contributed by atoms with Crippen LogP contribution >= 0.6 is 0 Å². The van der Waals surface area contributed by atoms with E-state index in [0.717, 1.165) is 0 Å². The fourth-order valence-corrected chi connectivity index (χ4v) is 1.71. The van der Waals surface area contributed by atoms with E-state index in [0.29, 0.717) is 29.5 Å². The van der Waals surface area contributed by atoms with Crippen LogP contribution in [0.15, 0.2) is 11.4 Å². The van der Waals surface area contributed by atoms with Crippen LogP contribution in [0.3, 0.4) is 0 Å². The van der Waals surface area contributed by atoms with Crippen molar-refractivity contribution in [2.24, 2.45) is 5.41 Å². The van der Waals surface area contributed by atoms with Gasteiger partial charge in [-0.25, -0.2) is 5.48 Å². The quantitative estimate of drug-likeness (QED) is 0.581. The summed E-state index contributed by atoms with van der Waals surface area (Å²) < 4.78 is 0. The summed E-state index contributed by atoms with van der Waals surface area (Å²) in [6.07, 6.45) is 1.12. The summed E-state index contributed by atoms with van der Waals surface area (Å²) in [6, 6.07) is 0. The molecule has 5 nitrogen and oxygen atoms in total. The minimum absolute atomic E-state index is 0.0113. The van der Waals surface area contributed by atoms with E-state index in [4.69, 9.17) is 0 Å². The molecule has 0 unspecified atom stereocenters. The van der Waals surface area contributed by atoms with E-state index in [2.05, 4.69) is 10.4 Å². The summed E-state index contributed by atoms with van der Waals surface area (Å²) in [5, 5.41) is 9.85. The van der Waals surface area contributed by atoms with E-state index in [1.54, 1.807) is 0 Å². The second-order valence-electron chi connectivity index (χ2n) is 4.23. The van der Waals surface area contributed by atoms with Crippen LogP contribution in [0.2, 0.25) is 0 Å². The molecule has 13 heavy (non-hydrogen) atoms. The van der Waals surface area contributed by atoms with Gasteiger partial charge in [-0.2, -0.15) is 0 Å². The molecule has 0 saturated carbocycles. The van der Waals surface area contributed by atoms with Crippen LogP contribution in [-0.2, 0) is 9.73 Å². The molecule has 2 rings (SSSR count). The van der Waals surface area contributed by atoms with Gasteiger partial charge in [-0.3, -0.25) is 10.0 Å². The van der Waals surface area contributed by atoms with Gasteiger partial charge in [0, 0.05) is 12.8 Å². The molecular weight excluding hydrogens is 172 g/mol. The van der Waals surface area contributed by atoms with Gasteiger partial charge in [0.15, 0.2) is 5.78 Å². The predicted molar refractivity (Wildman–Crippen MR) is 42.9 cm³/mol. The lowest BCUT2D eigenvalue weighted by Gasteiger charge is -2.28. The van der Waals surface area contributed by atoms with Crippen molar-refractivity contribution in [1.82, 2.24) is 10.7 Å². The largest absolute Gasteiger partial charge is 0.292 e. The maximum atomic E-state index is 11.5. The maximum absolute atomic E-state index is 11.5. The third-order valence-corrected chi connectivity index (χ3v) is 2.32. The SMILES string of the molecule is CC1(C)CC(=O)C2=C(C1)N(O)ON2. The zero-order chi connectivity index (χ0) is 9.64. The van der Waals surface area contributed by atoms with Crippen molar-refractivity contribution >= 4 is 5.78 Å². The van der Waals surface area contributed by atoms with E-state index in [9.17, 15) is 10.0 Å². The minimum atomic E-state index is -0.105. The number of hydrogen-bond donors (Lipinski definition) is 2. The number of carbonyl (C=O) groups is 1. The van der Waals surface area contributed by atoms with Gasteiger partial charge < -0.3 is 0 Å². The standard InChI is InChI=1S/C8H12N2O3/c1-8(2)3-5-7(6(11)4-8)9-13-10(5)12/h9,12H,3-4H2,1-2H3. The number of hydrogen-bond acceptors (Lipinski definition) is 5. The number of rotatable bonds is 0.